The van der Waals surface area contributed by atoms with E-state index in [1.807, 2.05) is 6.07 Å². The van der Waals surface area contributed by atoms with Crippen LogP contribution >= 0.6 is 0 Å². The first-order valence-corrected chi connectivity index (χ1v) is 10.1. The maximum absolute atomic E-state index is 14.8. The van der Waals surface area contributed by atoms with Gasteiger partial charge in [0, 0.05) is 12.8 Å². The largest absolute Gasteiger partial charge is 0.407 e. The van der Waals surface area contributed by atoms with Crippen molar-refractivity contribution in [2.45, 2.75) is 55.4 Å². The van der Waals surface area contributed by atoms with Gasteiger partial charge in [0.25, 0.3) is 5.92 Å². The fourth-order valence-electron chi connectivity index (χ4n) is 3.43. The van der Waals surface area contributed by atoms with Crippen molar-refractivity contribution in [2.75, 3.05) is 0 Å². The fraction of sp³-hybridized carbons (Fsp3) is 0.391. The molecule has 2 N–H and O–H groups in total. The second-order valence-electron chi connectivity index (χ2n) is 8.01. The Morgan fingerprint density at radius 3 is 2.06 bits per heavy atom. The van der Waals surface area contributed by atoms with Crippen LogP contribution in [0.2, 0.25) is 0 Å². The van der Waals surface area contributed by atoms with Crippen LogP contribution in [0.1, 0.15) is 36.4 Å². The van der Waals surface area contributed by atoms with Crippen LogP contribution in [-0.2, 0) is 11.2 Å². The highest BCUT2D eigenvalue weighted by Crippen LogP contribution is 2.37. The van der Waals surface area contributed by atoms with Gasteiger partial charge in [-0.15, -0.1) is 0 Å². The van der Waals surface area contributed by atoms with Gasteiger partial charge in [0.05, 0.1) is 12.1 Å². The molecular weight excluding hydrogens is 429 g/mol. The Morgan fingerprint density at radius 2 is 1.56 bits per heavy atom. The number of carbonyl (C=O) groups is 1. The molecule has 0 saturated heterocycles. The van der Waals surface area contributed by atoms with Crippen molar-refractivity contribution in [3.63, 3.8) is 0 Å². The summed E-state index contributed by atoms with van der Waals surface area (Å²) in [4.78, 5) is 12.8. The molecule has 1 fully saturated rings. The van der Waals surface area contributed by atoms with Gasteiger partial charge in [-0.05, 0) is 24.0 Å². The van der Waals surface area contributed by atoms with E-state index in [1.165, 1.54) is 42.5 Å². The summed E-state index contributed by atoms with van der Waals surface area (Å²) in [6.45, 7) is 0. The van der Waals surface area contributed by atoms with Gasteiger partial charge >= 0.3 is 6.18 Å². The Morgan fingerprint density at radius 1 is 1.00 bits per heavy atom. The van der Waals surface area contributed by atoms with Crippen LogP contribution in [0, 0.1) is 11.3 Å². The zero-order valence-corrected chi connectivity index (χ0v) is 17.0. The monoisotopic (exact) mass is 451 g/mol. The van der Waals surface area contributed by atoms with Crippen molar-refractivity contribution in [3.05, 3.63) is 71.8 Å². The molecule has 1 amide bonds. The number of nitrogens with zero attached hydrogens (tertiary/aromatic N) is 1. The summed E-state index contributed by atoms with van der Waals surface area (Å²) in [6, 6.07) is 12.2. The number of hydrogen-bond acceptors (Lipinski definition) is 3. The van der Waals surface area contributed by atoms with E-state index in [4.69, 9.17) is 0 Å². The lowest BCUT2D eigenvalue weighted by molar-refractivity contribution is -0.163. The smallest absolute Gasteiger partial charge is 0.336 e. The highest BCUT2D eigenvalue weighted by Gasteiger charge is 2.49. The summed E-state index contributed by atoms with van der Waals surface area (Å²) in [5.41, 5.74) is -1.11. The summed E-state index contributed by atoms with van der Waals surface area (Å²) in [5.74, 6) is -4.52. The number of nitriles is 1. The molecule has 1 aliphatic carbocycles. The lowest BCUT2D eigenvalue weighted by atomic mass is 9.98. The van der Waals surface area contributed by atoms with Crippen LogP contribution in [0.5, 0.6) is 0 Å². The number of nitrogens with one attached hydrogen (secondary N) is 2. The Hall–Kier alpha value is -2.99. The van der Waals surface area contributed by atoms with Gasteiger partial charge in [0.1, 0.15) is 11.6 Å². The summed E-state index contributed by atoms with van der Waals surface area (Å²) in [6.07, 6.45) is -6.08. The number of alkyl halides is 5. The van der Waals surface area contributed by atoms with Crippen molar-refractivity contribution in [3.8, 4) is 6.07 Å². The van der Waals surface area contributed by atoms with Gasteiger partial charge in [-0.1, -0.05) is 60.7 Å². The number of halogens is 5. The molecule has 3 rings (SSSR count). The van der Waals surface area contributed by atoms with Crippen LogP contribution in [-0.4, -0.2) is 29.6 Å². The summed E-state index contributed by atoms with van der Waals surface area (Å²) in [5, 5.41) is 13.6. The van der Waals surface area contributed by atoms with Crippen molar-refractivity contribution in [2.24, 2.45) is 0 Å². The molecule has 4 nitrogen and oxygen atoms in total. The maximum Gasteiger partial charge on any atom is 0.407 e. The highest BCUT2D eigenvalue weighted by atomic mass is 19.4. The fourth-order valence-corrected chi connectivity index (χ4v) is 3.43. The molecule has 0 unspecified atom stereocenters. The Balaban J connectivity index is 1.85. The predicted octanol–water partition coefficient (Wildman–Crippen LogP) is 4.69. The van der Waals surface area contributed by atoms with E-state index < -0.39 is 48.5 Å². The van der Waals surface area contributed by atoms with Crippen LogP contribution in [0.4, 0.5) is 22.0 Å². The number of benzene rings is 2. The molecule has 32 heavy (non-hydrogen) atoms. The van der Waals surface area contributed by atoms with Crippen LogP contribution in [0.3, 0.4) is 0 Å². The first kappa shape index (κ1) is 23.7. The minimum absolute atomic E-state index is 0.203. The van der Waals surface area contributed by atoms with Gasteiger partial charge < -0.3 is 5.32 Å². The Kier molecular flexibility index (Phi) is 6.84. The van der Waals surface area contributed by atoms with Crippen LogP contribution < -0.4 is 10.6 Å². The lowest BCUT2D eigenvalue weighted by Gasteiger charge is -2.30. The van der Waals surface area contributed by atoms with E-state index in [0.29, 0.717) is 18.4 Å². The SMILES string of the molecule is N#CC1(NC(=O)[C@H](CC(F)(F)Cc2ccccc2)N[C@@H](c2ccccc2)C(F)(F)F)CC1. The first-order chi connectivity index (χ1) is 15.0. The second kappa shape index (κ2) is 9.25. The van der Waals surface area contributed by atoms with Gasteiger partial charge in [-0.2, -0.15) is 18.4 Å². The molecular formula is C23H22F5N3O. The molecule has 1 aliphatic rings. The predicted molar refractivity (Wildman–Crippen MR) is 108 cm³/mol. The van der Waals surface area contributed by atoms with Crippen LogP contribution in [0.15, 0.2) is 60.7 Å². The van der Waals surface area contributed by atoms with Gasteiger partial charge in [0.15, 0.2) is 0 Å². The third-order valence-corrected chi connectivity index (χ3v) is 5.28. The highest BCUT2D eigenvalue weighted by molar-refractivity contribution is 5.83. The Labute approximate surface area is 182 Å². The van der Waals surface area contributed by atoms with Gasteiger partial charge in [0.2, 0.25) is 5.91 Å². The van der Waals surface area contributed by atoms with E-state index in [2.05, 4.69) is 10.6 Å². The Bertz CT molecular complexity index is 953. The first-order valence-electron chi connectivity index (χ1n) is 10.1. The molecule has 9 heteroatoms. The summed E-state index contributed by atoms with van der Waals surface area (Å²) < 4.78 is 71.0. The molecule has 170 valence electrons. The third-order valence-electron chi connectivity index (χ3n) is 5.28. The minimum atomic E-state index is -4.83. The normalized spacial score (nSPS) is 17.1. The van der Waals surface area contributed by atoms with E-state index in [9.17, 15) is 32.0 Å². The summed E-state index contributed by atoms with van der Waals surface area (Å²) >= 11 is 0. The van der Waals surface area contributed by atoms with Crippen molar-refractivity contribution in [1.29, 1.82) is 5.26 Å². The average molecular weight is 451 g/mol. The third kappa shape index (κ3) is 6.26. The zero-order valence-electron chi connectivity index (χ0n) is 17.0. The number of hydrogen-bond donors (Lipinski definition) is 2. The molecule has 0 bridgehead atoms. The number of amides is 1. The summed E-state index contributed by atoms with van der Waals surface area (Å²) in [7, 11) is 0. The van der Waals surface area contributed by atoms with Crippen molar-refractivity contribution < 1.29 is 26.7 Å². The van der Waals surface area contributed by atoms with Gasteiger partial charge in [-0.25, -0.2) is 8.78 Å². The quantitative estimate of drug-likeness (QED) is 0.544. The average Bonchev–Trinajstić information content (AvgIpc) is 3.51. The number of carbonyl (C=O) groups excluding carboxylic acids is 1. The second-order valence-corrected chi connectivity index (χ2v) is 8.01. The van der Waals surface area contributed by atoms with Crippen molar-refractivity contribution >= 4 is 5.91 Å². The van der Waals surface area contributed by atoms with Crippen LogP contribution in [0.25, 0.3) is 0 Å². The molecule has 0 radical (unpaired) electrons. The van der Waals surface area contributed by atoms with E-state index in [-0.39, 0.29) is 5.56 Å². The molecule has 0 aliphatic heterocycles. The maximum atomic E-state index is 14.8. The van der Waals surface area contributed by atoms with E-state index in [1.54, 1.807) is 18.2 Å². The molecule has 2 atom stereocenters. The molecule has 1 saturated carbocycles. The van der Waals surface area contributed by atoms with Gasteiger partial charge in [-0.3, -0.25) is 10.1 Å². The molecule has 2 aromatic rings. The minimum Gasteiger partial charge on any atom is -0.336 e. The molecule has 0 spiro atoms. The lowest BCUT2D eigenvalue weighted by Crippen LogP contribution is -2.53. The topological polar surface area (TPSA) is 64.9 Å². The standard InChI is InChI=1S/C23H22F5N3O/c24-22(25,13-16-7-3-1-4-8-16)14-18(20(32)31-21(15-29)11-12-21)30-19(23(26,27)28)17-9-5-2-6-10-17/h1-10,18-19,30H,11-14H2,(H,31,32)/t18-,19-/m0/s1. The molecule has 0 heterocycles. The van der Waals surface area contributed by atoms with E-state index >= 15 is 0 Å². The molecule has 0 aromatic heterocycles. The molecule has 2 aromatic carbocycles. The number of rotatable bonds is 9. The van der Waals surface area contributed by atoms with Crippen molar-refractivity contribution in [1.82, 2.24) is 10.6 Å². The zero-order chi connectivity index (χ0) is 23.4. The van der Waals surface area contributed by atoms with E-state index in [0.717, 1.165) is 0 Å².